The lowest BCUT2D eigenvalue weighted by atomic mass is 10.00. The second-order valence-electron chi connectivity index (χ2n) is 8.08. The summed E-state index contributed by atoms with van der Waals surface area (Å²) in [6, 6.07) is 6.19. The Hall–Kier alpha value is -1.73. The van der Waals surface area contributed by atoms with Crippen LogP contribution in [0, 0.1) is 11.5 Å². The summed E-state index contributed by atoms with van der Waals surface area (Å²) in [6.07, 6.45) is 1.69. The van der Waals surface area contributed by atoms with Crippen molar-refractivity contribution in [3.8, 4) is 11.5 Å². The highest BCUT2D eigenvalue weighted by Gasteiger charge is 2.27. The van der Waals surface area contributed by atoms with Crippen LogP contribution in [0.1, 0.15) is 38.3 Å². The van der Waals surface area contributed by atoms with Crippen molar-refractivity contribution in [2.24, 2.45) is 0 Å². The van der Waals surface area contributed by atoms with Crippen molar-refractivity contribution in [3.63, 3.8) is 0 Å². The molecule has 2 rings (SSSR count). The van der Waals surface area contributed by atoms with E-state index in [1.165, 1.54) is 5.56 Å². The number of fused-ring (bicyclic) bond motifs is 1. The van der Waals surface area contributed by atoms with Gasteiger partial charge < -0.3 is 4.74 Å². The maximum Gasteiger partial charge on any atom is 0.414 e. The molecule has 1 aromatic carbocycles. The number of amides is 1. The molecule has 1 aromatic rings. The Labute approximate surface area is 141 Å². The third kappa shape index (κ3) is 5.14. The fourth-order valence-corrected chi connectivity index (χ4v) is 2.94. The standard InChI is InChI=1S/C19H27NO2Si/c1-19(2,3)22-18(21)20-12-7-8-16-10-9-15(14-17(16)20)11-13-23(4,5)6/h9-10,14H,7-8,12H2,1-6H3. The van der Waals surface area contributed by atoms with Gasteiger partial charge in [0, 0.05) is 12.1 Å². The van der Waals surface area contributed by atoms with Crippen LogP contribution < -0.4 is 4.90 Å². The largest absolute Gasteiger partial charge is 0.443 e. The number of anilines is 1. The van der Waals surface area contributed by atoms with Crippen LogP contribution in [-0.4, -0.2) is 26.3 Å². The molecule has 1 aliphatic heterocycles. The number of ether oxygens (including phenoxy) is 1. The van der Waals surface area contributed by atoms with Crippen molar-refractivity contribution < 1.29 is 9.53 Å². The summed E-state index contributed by atoms with van der Waals surface area (Å²) in [5.74, 6) is 3.28. The number of nitrogens with zero attached hydrogens (tertiary/aromatic N) is 1. The first-order valence-corrected chi connectivity index (χ1v) is 11.7. The Morgan fingerprint density at radius 3 is 2.57 bits per heavy atom. The van der Waals surface area contributed by atoms with Gasteiger partial charge in [0.2, 0.25) is 0 Å². The van der Waals surface area contributed by atoms with Gasteiger partial charge in [-0.3, -0.25) is 4.90 Å². The third-order valence-electron chi connectivity index (χ3n) is 3.40. The Balaban J connectivity index is 2.32. The molecule has 0 aliphatic carbocycles. The smallest absolute Gasteiger partial charge is 0.414 e. The second kappa shape index (κ2) is 6.41. The van der Waals surface area contributed by atoms with Gasteiger partial charge in [0.1, 0.15) is 13.7 Å². The van der Waals surface area contributed by atoms with Crippen molar-refractivity contribution in [1.82, 2.24) is 0 Å². The quantitative estimate of drug-likeness (QED) is 0.514. The zero-order valence-electron chi connectivity index (χ0n) is 15.1. The van der Waals surface area contributed by atoms with Crippen molar-refractivity contribution in [3.05, 3.63) is 29.3 Å². The van der Waals surface area contributed by atoms with Gasteiger partial charge in [-0.25, -0.2) is 4.79 Å². The summed E-state index contributed by atoms with van der Waals surface area (Å²) in [5.41, 5.74) is 6.02. The van der Waals surface area contributed by atoms with Crippen LogP contribution in [0.25, 0.3) is 0 Å². The lowest BCUT2D eigenvalue weighted by Crippen LogP contribution is -2.39. The maximum absolute atomic E-state index is 12.5. The first-order chi connectivity index (χ1) is 10.6. The lowest BCUT2D eigenvalue weighted by molar-refractivity contribution is 0.0578. The molecule has 0 aromatic heterocycles. The minimum Gasteiger partial charge on any atom is -0.443 e. The Morgan fingerprint density at radius 2 is 1.96 bits per heavy atom. The van der Waals surface area contributed by atoms with E-state index in [2.05, 4.69) is 43.2 Å². The van der Waals surface area contributed by atoms with Crippen LogP contribution in [0.4, 0.5) is 10.5 Å². The first kappa shape index (κ1) is 17.6. The molecule has 0 N–H and O–H groups in total. The van der Waals surface area contributed by atoms with Gasteiger partial charge in [-0.2, -0.15) is 0 Å². The van der Waals surface area contributed by atoms with E-state index >= 15 is 0 Å². The van der Waals surface area contributed by atoms with Gasteiger partial charge >= 0.3 is 6.09 Å². The zero-order valence-corrected chi connectivity index (χ0v) is 16.1. The number of rotatable bonds is 0. The van der Waals surface area contributed by atoms with Gasteiger partial charge in [0.05, 0.1) is 5.69 Å². The van der Waals surface area contributed by atoms with E-state index in [-0.39, 0.29) is 6.09 Å². The Bertz CT molecular complexity index is 657. The van der Waals surface area contributed by atoms with E-state index < -0.39 is 13.7 Å². The number of hydrogen-bond acceptors (Lipinski definition) is 2. The summed E-state index contributed by atoms with van der Waals surface area (Å²) in [5, 5.41) is 0. The molecular formula is C19H27NO2Si. The zero-order chi connectivity index (χ0) is 17.3. The summed E-state index contributed by atoms with van der Waals surface area (Å²) in [7, 11) is -1.41. The molecule has 0 spiro atoms. The van der Waals surface area contributed by atoms with Crippen LogP contribution in [0.2, 0.25) is 19.6 Å². The maximum atomic E-state index is 12.5. The Kier molecular flexibility index (Phi) is 4.91. The van der Waals surface area contributed by atoms with Crippen LogP contribution in [0.15, 0.2) is 18.2 Å². The van der Waals surface area contributed by atoms with Crippen molar-refractivity contribution in [2.45, 2.75) is 58.9 Å². The molecule has 124 valence electrons. The summed E-state index contributed by atoms with van der Waals surface area (Å²) >= 11 is 0. The number of aryl methyl sites for hydroxylation is 1. The van der Waals surface area contributed by atoms with E-state index in [9.17, 15) is 4.79 Å². The number of benzene rings is 1. The number of carbonyl (C=O) groups is 1. The molecule has 1 aliphatic rings. The van der Waals surface area contributed by atoms with Crippen molar-refractivity contribution in [2.75, 3.05) is 11.4 Å². The Morgan fingerprint density at radius 1 is 1.26 bits per heavy atom. The highest BCUT2D eigenvalue weighted by molar-refractivity contribution is 6.83. The van der Waals surface area contributed by atoms with Gasteiger partial charge in [-0.1, -0.05) is 31.6 Å². The van der Waals surface area contributed by atoms with Crippen molar-refractivity contribution >= 4 is 19.9 Å². The fraction of sp³-hybridized carbons (Fsp3) is 0.526. The van der Waals surface area contributed by atoms with Crippen LogP contribution in [-0.2, 0) is 11.2 Å². The lowest BCUT2D eigenvalue weighted by Gasteiger charge is -2.31. The molecule has 1 amide bonds. The van der Waals surface area contributed by atoms with E-state index in [0.717, 1.165) is 24.1 Å². The second-order valence-corrected chi connectivity index (χ2v) is 12.8. The van der Waals surface area contributed by atoms with Gasteiger partial charge in [-0.05, 0) is 51.3 Å². The van der Waals surface area contributed by atoms with E-state index in [1.807, 2.05) is 26.8 Å². The molecule has 0 bridgehead atoms. The number of hydrogen-bond donors (Lipinski definition) is 0. The van der Waals surface area contributed by atoms with E-state index in [4.69, 9.17) is 4.74 Å². The highest BCUT2D eigenvalue weighted by atomic mass is 28.3. The molecule has 0 radical (unpaired) electrons. The molecule has 0 unspecified atom stereocenters. The molecule has 0 saturated carbocycles. The monoisotopic (exact) mass is 329 g/mol. The average Bonchev–Trinajstić information content (AvgIpc) is 2.41. The van der Waals surface area contributed by atoms with Gasteiger partial charge in [0.15, 0.2) is 0 Å². The minimum absolute atomic E-state index is 0.270. The fourth-order valence-electron chi connectivity index (χ4n) is 2.42. The van der Waals surface area contributed by atoms with E-state index in [0.29, 0.717) is 6.54 Å². The van der Waals surface area contributed by atoms with Gasteiger partial charge in [-0.15, -0.1) is 5.54 Å². The predicted octanol–water partition coefficient (Wildman–Crippen LogP) is 4.60. The molecule has 0 saturated heterocycles. The molecule has 3 nitrogen and oxygen atoms in total. The molecule has 0 atom stereocenters. The topological polar surface area (TPSA) is 29.5 Å². The molecule has 4 heteroatoms. The molecule has 0 fully saturated rings. The normalized spacial score (nSPS) is 14.6. The summed E-state index contributed by atoms with van der Waals surface area (Å²) < 4.78 is 5.55. The number of carbonyl (C=O) groups excluding carboxylic acids is 1. The first-order valence-electron chi connectivity index (χ1n) is 8.22. The van der Waals surface area contributed by atoms with E-state index in [1.54, 1.807) is 4.90 Å². The average molecular weight is 330 g/mol. The molecular weight excluding hydrogens is 302 g/mol. The molecule has 1 heterocycles. The van der Waals surface area contributed by atoms with Crippen LogP contribution in [0.3, 0.4) is 0 Å². The summed E-state index contributed by atoms with van der Waals surface area (Å²) in [6.45, 7) is 13.1. The van der Waals surface area contributed by atoms with Crippen molar-refractivity contribution in [1.29, 1.82) is 0 Å². The minimum atomic E-state index is -1.41. The van der Waals surface area contributed by atoms with Crippen LogP contribution in [0.5, 0.6) is 0 Å². The van der Waals surface area contributed by atoms with Gasteiger partial charge in [0.25, 0.3) is 0 Å². The van der Waals surface area contributed by atoms with Crippen LogP contribution >= 0.6 is 0 Å². The highest BCUT2D eigenvalue weighted by Crippen LogP contribution is 2.29. The SMILES string of the molecule is CC(C)(C)OC(=O)N1CCCc2ccc(C#C[Si](C)(C)C)cc21. The summed E-state index contributed by atoms with van der Waals surface area (Å²) in [4.78, 5) is 14.2. The predicted molar refractivity (Wildman–Crippen MR) is 98.6 cm³/mol. The molecule has 23 heavy (non-hydrogen) atoms. The third-order valence-corrected chi connectivity index (χ3v) is 4.27.